The minimum Gasteiger partial charge on any atom is -0.325 e. The van der Waals surface area contributed by atoms with Gasteiger partial charge in [0.15, 0.2) is 5.82 Å². The van der Waals surface area contributed by atoms with Crippen LogP contribution in [0.25, 0.3) is 0 Å². The number of carbonyl (C=O) groups excluding carboxylic acids is 2. The van der Waals surface area contributed by atoms with Gasteiger partial charge in [-0.1, -0.05) is 51.6 Å². The number of nitrogens with one attached hydrogen (secondary N) is 2. The van der Waals surface area contributed by atoms with Gasteiger partial charge in [-0.3, -0.25) is 9.59 Å². The van der Waals surface area contributed by atoms with E-state index in [4.69, 9.17) is 0 Å². The third kappa shape index (κ3) is 6.15. The van der Waals surface area contributed by atoms with Gasteiger partial charge < -0.3 is 10.6 Å². The summed E-state index contributed by atoms with van der Waals surface area (Å²) in [4.78, 5) is 23.7. The maximum atomic E-state index is 12.1. The van der Waals surface area contributed by atoms with Crippen LogP contribution in [0.3, 0.4) is 0 Å². The van der Waals surface area contributed by atoms with Crippen LogP contribution in [0.1, 0.15) is 39.2 Å². The van der Waals surface area contributed by atoms with Crippen LogP contribution in [0.2, 0.25) is 0 Å². The molecule has 7 heteroatoms. The molecular weight excluding hydrogens is 348 g/mol. The molecule has 0 saturated carbocycles. The third-order valence-corrected chi connectivity index (χ3v) is 4.55. The molecule has 2 aromatic rings. The zero-order valence-corrected chi connectivity index (χ0v) is 16.3. The van der Waals surface area contributed by atoms with Crippen molar-refractivity contribution in [2.24, 2.45) is 5.92 Å². The normalized spacial score (nSPS) is 10.8. The van der Waals surface area contributed by atoms with Gasteiger partial charge >= 0.3 is 0 Å². The monoisotopic (exact) mass is 372 g/mol. The van der Waals surface area contributed by atoms with E-state index in [1.165, 1.54) is 17.3 Å². The molecule has 0 saturated heterocycles. The van der Waals surface area contributed by atoms with Gasteiger partial charge in [0.05, 0.1) is 5.75 Å². The minimum atomic E-state index is -0.121. The van der Waals surface area contributed by atoms with Gasteiger partial charge in [-0.15, -0.1) is 10.2 Å². The Labute approximate surface area is 158 Å². The summed E-state index contributed by atoms with van der Waals surface area (Å²) < 4.78 is 0. The molecule has 2 amide bonds. The summed E-state index contributed by atoms with van der Waals surface area (Å²) in [6.07, 6.45) is 0. The van der Waals surface area contributed by atoms with Crippen LogP contribution in [0, 0.1) is 5.92 Å². The Bertz CT molecular complexity index is 743. The van der Waals surface area contributed by atoms with E-state index < -0.39 is 0 Å². The zero-order chi connectivity index (χ0) is 19.1. The summed E-state index contributed by atoms with van der Waals surface area (Å²) in [5.41, 5.74) is 2.01. The topological polar surface area (TPSA) is 84.0 Å². The van der Waals surface area contributed by atoms with Crippen molar-refractivity contribution in [3.63, 3.8) is 0 Å². The molecule has 0 aliphatic rings. The number of rotatable bonds is 7. The predicted octanol–water partition coefficient (Wildman–Crippen LogP) is 3.93. The van der Waals surface area contributed by atoms with E-state index >= 15 is 0 Å². The van der Waals surface area contributed by atoms with E-state index in [9.17, 15) is 9.59 Å². The highest BCUT2D eigenvalue weighted by Gasteiger charge is 2.09. The Balaban J connectivity index is 1.82. The summed E-state index contributed by atoms with van der Waals surface area (Å²) >= 11 is 1.29. The number of benzene rings is 1. The molecule has 2 rings (SSSR count). The molecule has 0 radical (unpaired) electrons. The van der Waals surface area contributed by atoms with E-state index in [2.05, 4.69) is 34.7 Å². The first-order chi connectivity index (χ1) is 12.3. The lowest BCUT2D eigenvalue weighted by molar-refractivity contribution is -0.119. The molecule has 138 valence electrons. The number of hydrogen-bond acceptors (Lipinski definition) is 5. The second-order valence-corrected chi connectivity index (χ2v) is 7.51. The molecule has 0 unspecified atom stereocenters. The first-order valence-corrected chi connectivity index (χ1v) is 9.51. The fourth-order valence-corrected chi connectivity index (χ4v) is 2.64. The average Bonchev–Trinajstić information content (AvgIpc) is 2.61. The minimum absolute atomic E-state index is 0.105. The molecule has 2 N–H and O–H groups in total. The average molecular weight is 372 g/mol. The third-order valence-electron chi connectivity index (χ3n) is 3.63. The van der Waals surface area contributed by atoms with Crippen LogP contribution in [-0.2, 0) is 9.59 Å². The summed E-state index contributed by atoms with van der Waals surface area (Å²) in [5.74, 6) is 0.765. The quantitative estimate of drug-likeness (QED) is 0.720. The highest BCUT2D eigenvalue weighted by molar-refractivity contribution is 7.99. The zero-order valence-electron chi connectivity index (χ0n) is 15.4. The number of aromatic nitrogens is 2. The largest absolute Gasteiger partial charge is 0.325 e. The lowest BCUT2D eigenvalue weighted by atomic mass is 10.0. The van der Waals surface area contributed by atoms with Gasteiger partial charge in [0.25, 0.3) is 0 Å². The fraction of sp³-hybridized carbons (Fsp3) is 0.368. The molecule has 1 heterocycles. The smallest absolute Gasteiger partial charge is 0.234 e. The number of hydrogen-bond donors (Lipinski definition) is 2. The second kappa shape index (κ2) is 9.33. The van der Waals surface area contributed by atoms with Gasteiger partial charge in [-0.05, 0) is 35.7 Å². The Morgan fingerprint density at radius 1 is 0.962 bits per heavy atom. The molecule has 0 spiro atoms. The summed E-state index contributed by atoms with van der Waals surface area (Å²) in [6, 6.07) is 11.3. The van der Waals surface area contributed by atoms with Crippen molar-refractivity contribution in [2.45, 2.75) is 38.6 Å². The Kier molecular flexibility index (Phi) is 7.15. The van der Waals surface area contributed by atoms with Gasteiger partial charge in [-0.25, -0.2) is 0 Å². The summed E-state index contributed by atoms with van der Waals surface area (Å²) in [5, 5.41) is 14.1. The number of nitrogens with zero attached hydrogens (tertiary/aromatic N) is 2. The molecule has 6 nitrogen and oxygen atoms in total. The highest BCUT2D eigenvalue weighted by atomic mass is 32.2. The van der Waals surface area contributed by atoms with Gasteiger partial charge in [-0.2, -0.15) is 0 Å². The first kappa shape index (κ1) is 19.9. The Hall–Kier alpha value is -2.41. The maximum Gasteiger partial charge on any atom is 0.234 e. The molecule has 0 bridgehead atoms. The van der Waals surface area contributed by atoms with Crippen LogP contribution in [0.4, 0.5) is 11.5 Å². The molecule has 0 aliphatic carbocycles. The second-order valence-electron chi connectivity index (χ2n) is 6.51. The predicted molar refractivity (Wildman–Crippen MR) is 105 cm³/mol. The standard InChI is InChI=1S/C19H24N4O2S/c1-12(2)14-5-7-15(8-6-14)20-17(24)11-26-18-10-9-16(22-23-18)21-19(25)13(3)4/h5-10,12-13H,11H2,1-4H3,(H,20,24)(H,21,22,25). The van der Waals surface area contributed by atoms with Crippen LogP contribution < -0.4 is 10.6 Å². The molecule has 26 heavy (non-hydrogen) atoms. The van der Waals surface area contributed by atoms with Crippen LogP contribution >= 0.6 is 11.8 Å². The summed E-state index contributed by atoms with van der Waals surface area (Å²) in [7, 11) is 0. The van der Waals surface area contributed by atoms with Crippen molar-refractivity contribution in [1.82, 2.24) is 10.2 Å². The van der Waals surface area contributed by atoms with Crippen molar-refractivity contribution in [3.05, 3.63) is 42.0 Å². The molecule has 1 aromatic carbocycles. The van der Waals surface area contributed by atoms with Gasteiger partial charge in [0, 0.05) is 11.6 Å². The van der Waals surface area contributed by atoms with E-state index in [0.717, 1.165) is 5.69 Å². The van der Waals surface area contributed by atoms with E-state index in [1.54, 1.807) is 12.1 Å². The first-order valence-electron chi connectivity index (χ1n) is 8.52. The lowest BCUT2D eigenvalue weighted by Crippen LogP contribution is -2.18. The van der Waals surface area contributed by atoms with Crippen molar-refractivity contribution in [2.75, 3.05) is 16.4 Å². The van der Waals surface area contributed by atoms with Crippen molar-refractivity contribution < 1.29 is 9.59 Å². The number of carbonyl (C=O) groups is 2. The molecular formula is C19H24N4O2S. The van der Waals surface area contributed by atoms with Crippen LogP contribution in [0.15, 0.2) is 41.4 Å². The van der Waals surface area contributed by atoms with Crippen molar-refractivity contribution in [1.29, 1.82) is 0 Å². The molecule has 1 aromatic heterocycles. The fourth-order valence-electron chi connectivity index (χ4n) is 2.02. The molecule has 0 aliphatic heterocycles. The molecule has 0 atom stereocenters. The Morgan fingerprint density at radius 2 is 1.65 bits per heavy atom. The maximum absolute atomic E-state index is 12.1. The Morgan fingerprint density at radius 3 is 2.19 bits per heavy atom. The highest BCUT2D eigenvalue weighted by Crippen LogP contribution is 2.19. The number of amides is 2. The molecule has 0 fully saturated rings. The summed E-state index contributed by atoms with van der Waals surface area (Å²) in [6.45, 7) is 7.87. The lowest BCUT2D eigenvalue weighted by Gasteiger charge is -2.08. The van der Waals surface area contributed by atoms with Crippen LogP contribution in [0.5, 0.6) is 0 Å². The van der Waals surface area contributed by atoms with Crippen molar-refractivity contribution in [3.8, 4) is 0 Å². The number of thioether (sulfide) groups is 1. The van der Waals surface area contributed by atoms with Gasteiger partial charge in [0.1, 0.15) is 5.03 Å². The van der Waals surface area contributed by atoms with Crippen molar-refractivity contribution >= 4 is 35.1 Å². The van der Waals surface area contributed by atoms with E-state index in [0.29, 0.717) is 16.8 Å². The van der Waals surface area contributed by atoms with E-state index in [-0.39, 0.29) is 23.5 Å². The SMILES string of the molecule is CC(C)C(=O)Nc1ccc(SCC(=O)Nc2ccc(C(C)C)cc2)nn1. The number of anilines is 2. The van der Waals surface area contributed by atoms with Crippen LogP contribution in [-0.4, -0.2) is 27.8 Å². The van der Waals surface area contributed by atoms with E-state index in [1.807, 2.05) is 38.1 Å². The van der Waals surface area contributed by atoms with Gasteiger partial charge in [0.2, 0.25) is 11.8 Å².